The van der Waals surface area contributed by atoms with Gasteiger partial charge in [-0.25, -0.2) is 4.98 Å². The monoisotopic (exact) mass is 352 g/mol. The van der Waals surface area contributed by atoms with Gasteiger partial charge in [0.2, 0.25) is 5.96 Å². The summed E-state index contributed by atoms with van der Waals surface area (Å²) in [6.45, 7) is 0. The molecule has 120 valence electrons. The molecule has 2 heterocycles. The van der Waals surface area contributed by atoms with Crippen molar-refractivity contribution in [1.29, 1.82) is 5.41 Å². The van der Waals surface area contributed by atoms with E-state index >= 15 is 0 Å². The minimum absolute atomic E-state index is 0. The largest absolute Gasteiger partial charge is 0.504 e. The quantitative estimate of drug-likeness (QED) is 0.269. The third kappa shape index (κ3) is 2.91. The molecular weight excluding hydrogens is 340 g/mol. The topological polar surface area (TPSA) is 146 Å². The normalized spacial score (nSPS) is 11.4. The number of nitrogens with one attached hydrogen (secondary N) is 1. The van der Waals surface area contributed by atoms with Gasteiger partial charge in [0, 0.05) is 17.1 Å². The second kappa shape index (κ2) is 6.15. The molecule has 0 aliphatic rings. The number of hydrogen-bond donors (Lipinski definition) is 5. The molecule has 1 aromatic carbocycles. The van der Waals surface area contributed by atoms with Gasteiger partial charge in [-0.15, -0.1) is 23.7 Å². The number of amidine groups is 1. The summed E-state index contributed by atoms with van der Waals surface area (Å²) in [6.07, 6.45) is 1.77. The first-order chi connectivity index (χ1) is 10.5. The third-order valence-corrected chi connectivity index (χ3v) is 3.75. The van der Waals surface area contributed by atoms with E-state index in [4.69, 9.17) is 16.9 Å². The minimum Gasteiger partial charge on any atom is -0.504 e. The zero-order valence-corrected chi connectivity index (χ0v) is 13.2. The summed E-state index contributed by atoms with van der Waals surface area (Å²) >= 11 is 1.41. The van der Waals surface area contributed by atoms with Gasteiger partial charge in [-0.1, -0.05) is 0 Å². The molecule has 0 fully saturated rings. The lowest BCUT2D eigenvalue weighted by atomic mass is 10.1. The average molecular weight is 353 g/mol. The fourth-order valence-corrected chi connectivity index (χ4v) is 2.80. The van der Waals surface area contributed by atoms with Crippen molar-refractivity contribution >= 4 is 40.5 Å². The summed E-state index contributed by atoms with van der Waals surface area (Å²) in [7, 11) is 0. The number of phenols is 2. The van der Waals surface area contributed by atoms with E-state index in [0.29, 0.717) is 21.9 Å². The van der Waals surface area contributed by atoms with Crippen LogP contribution >= 0.6 is 23.7 Å². The molecule has 2 aromatic heterocycles. The molecule has 8 nitrogen and oxygen atoms in total. The van der Waals surface area contributed by atoms with E-state index in [2.05, 4.69) is 9.98 Å². The molecule has 0 saturated carbocycles. The summed E-state index contributed by atoms with van der Waals surface area (Å²) in [6, 6.07) is 4.35. The average Bonchev–Trinajstić information content (AvgIpc) is 3.00. The van der Waals surface area contributed by atoms with Crippen molar-refractivity contribution < 1.29 is 10.2 Å². The molecule has 23 heavy (non-hydrogen) atoms. The van der Waals surface area contributed by atoms with Gasteiger partial charge >= 0.3 is 0 Å². The first-order valence-electron chi connectivity index (χ1n) is 6.14. The molecule has 10 heteroatoms. The number of imidazole rings is 1. The summed E-state index contributed by atoms with van der Waals surface area (Å²) in [5.41, 5.74) is 12.7. The maximum absolute atomic E-state index is 9.66. The molecule has 3 rings (SSSR count). The molecule has 0 spiro atoms. The lowest BCUT2D eigenvalue weighted by Crippen LogP contribution is -2.21. The fourth-order valence-electron chi connectivity index (χ4n) is 2.09. The van der Waals surface area contributed by atoms with E-state index in [-0.39, 0.29) is 29.7 Å². The standard InChI is InChI=1S/C13H12N6O2S.ClH/c14-11(18-12(15)16)10-9(17-13-19(10)3-4-22-13)6-1-2-7(20)8(21)5-6;/h1-5,20-21H,(H5,14,15,16,18);1H. The Labute approximate surface area is 140 Å². The number of guanidine groups is 1. The van der Waals surface area contributed by atoms with Gasteiger partial charge in [0.05, 0.1) is 0 Å². The van der Waals surface area contributed by atoms with Crippen LogP contribution in [0.25, 0.3) is 16.2 Å². The number of hydrogen-bond acceptors (Lipinski definition) is 5. The molecule has 0 amide bonds. The van der Waals surface area contributed by atoms with Gasteiger partial charge in [-0.3, -0.25) is 9.81 Å². The van der Waals surface area contributed by atoms with Gasteiger partial charge in [-0.2, -0.15) is 4.99 Å². The van der Waals surface area contributed by atoms with Crippen molar-refractivity contribution in [3.05, 3.63) is 35.5 Å². The zero-order chi connectivity index (χ0) is 15.9. The van der Waals surface area contributed by atoms with Crippen LogP contribution in [0.2, 0.25) is 0 Å². The van der Waals surface area contributed by atoms with Crippen LogP contribution in [-0.2, 0) is 0 Å². The van der Waals surface area contributed by atoms with Crippen LogP contribution in [0.1, 0.15) is 5.69 Å². The highest BCUT2D eigenvalue weighted by Crippen LogP contribution is 2.32. The molecule has 0 radical (unpaired) electrons. The highest BCUT2D eigenvalue weighted by molar-refractivity contribution is 7.15. The molecule has 0 aliphatic heterocycles. The highest BCUT2D eigenvalue weighted by atomic mass is 35.5. The Hall–Kier alpha value is -2.78. The van der Waals surface area contributed by atoms with Crippen LogP contribution in [0.4, 0.5) is 0 Å². The first-order valence-corrected chi connectivity index (χ1v) is 7.02. The summed E-state index contributed by atoms with van der Waals surface area (Å²) in [5, 5.41) is 28.2. The number of aromatic nitrogens is 2. The molecule has 0 bridgehead atoms. The van der Waals surface area contributed by atoms with Crippen molar-refractivity contribution in [1.82, 2.24) is 9.38 Å². The van der Waals surface area contributed by atoms with Crippen LogP contribution in [0.5, 0.6) is 11.5 Å². The number of nitrogens with zero attached hydrogens (tertiary/aromatic N) is 3. The first kappa shape index (κ1) is 16.6. The number of rotatable bonds is 2. The Balaban J connectivity index is 0.00000192. The number of nitrogens with two attached hydrogens (primary N) is 2. The predicted octanol–water partition coefficient (Wildman–Crippen LogP) is 1.49. The number of halogens is 1. The Morgan fingerprint density at radius 2 is 2.00 bits per heavy atom. The van der Waals surface area contributed by atoms with Gasteiger partial charge in [-0.05, 0) is 18.2 Å². The Morgan fingerprint density at radius 1 is 1.26 bits per heavy atom. The van der Waals surface area contributed by atoms with Gasteiger partial charge in [0.1, 0.15) is 11.4 Å². The maximum atomic E-state index is 9.66. The Kier molecular flexibility index (Phi) is 4.43. The summed E-state index contributed by atoms with van der Waals surface area (Å²) < 4.78 is 1.73. The molecular formula is C13H13ClN6O2S. The van der Waals surface area contributed by atoms with Crippen LogP contribution in [-0.4, -0.2) is 31.4 Å². The second-order valence-electron chi connectivity index (χ2n) is 4.45. The molecule has 0 unspecified atom stereocenters. The number of aliphatic imine (C=N–C) groups is 1. The number of aromatic hydroxyl groups is 2. The second-order valence-corrected chi connectivity index (χ2v) is 5.32. The van der Waals surface area contributed by atoms with Crippen molar-refractivity contribution in [2.24, 2.45) is 16.5 Å². The summed E-state index contributed by atoms with van der Waals surface area (Å²) in [4.78, 5) is 8.90. The van der Waals surface area contributed by atoms with Crippen LogP contribution in [0.3, 0.4) is 0 Å². The molecule has 0 aliphatic carbocycles. The number of phenolic OH excluding ortho intramolecular Hbond substituents is 2. The number of benzene rings is 1. The van der Waals surface area contributed by atoms with E-state index in [9.17, 15) is 10.2 Å². The Bertz CT molecular complexity index is 916. The van der Waals surface area contributed by atoms with E-state index in [1.54, 1.807) is 16.7 Å². The van der Waals surface area contributed by atoms with Crippen molar-refractivity contribution in [2.45, 2.75) is 0 Å². The molecule has 0 saturated heterocycles. The lowest BCUT2D eigenvalue weighted by Gasteiger charge is -2.05. The molecule has 0 atom stereocenters. The van der Waals surface area contributed by atoms with Gasteiger partial charge in [0.25, 0.3) is 0 Å². The zero-order valence-electron chi connectivity index (χ0n) is 11.6. The van der Waals surface area contributed by atoms with Gasteiger partial charge < -0.3 is 21.7 Å². The SMILES string of the molecule is Cl.N=C(N)/N=C(\N)c1c(-c2ccc(O)c(O)c2)nc2sccn12. The smallest absolute Gasteiger partial charge is 0.214 e. The van der Waals surface area contributed by atoms with Crippen molar-refractivity contribution in [2.75, 3.05) is 0 Å². The van der Waals surface area contributed by atoms with Crippen LogP contribution < -0.4 is 11.5 Å². The van der Waals surface area contributed by atoms with E-state index in [1.165, 1.54) is 23.5 Å². The van der Waals surface area contributed by atoms with Gasteiger partial charge in [0.15, 0.2) is 22.3 Å². The number of fused-ring (bicyclic) bond motifs is 1. The van der Waals surface area contributed by atoms with E-state index < -0.39 is 5.96 Å². The third-order valence-electron chi connectivity index (χ3n) is 2.99. The van der Waals surface area contributed by atoms with E-state index in [0.717, 1.165) is 0 Å². The van der Waals surface area contributed by atoms with Crippen LogP contribution in [0.15, 0.2) is 34.8 Å². The number of thiazole rings is 1. The molecule has 7 N–H and O–H groups in total. The predicted molar refractivity (Wildman–Crippen MR) is 91.7 cm³/mol. The van der Waals surface area contributed by atoms with Crippen molar-refractivity contribution in [3.63, 3.8) is 0 Å². The van der Waals surface area contributed by atoms with Crippen LogP contribution in [0, 0.1) is 5.41 Å². The van der Waals surface area contributed by atoms with E-state index in [1.807, 2.05) is 5.38 Å². The molecule has 3 aromatic rings. The summed E-state index contributed by atoms with van der Waals surface area (Å²) in [5.74, 6) is -0.860. The van der Waals surface area contributed by atoms with Crippen molar-refractivity contribution in [3.8, 4) is 22.8 Å². The highest BCUT2D eigenvalue weighted by Gasteiger charge is 2.19. The maximum Gasteiger partial charge on any atom is 0.214 e. The Morgan fingerprint density at radius 3 is 2.65 bits per heavy atom. The minimum atomic E-state index is -0.415. The lowest BCUT2D eigenvalue weighted by molar-refractivity contribution is 0.404. The fraction of sp³-hybridized carbons (Fsp3) is 0.